The molecule has 0 fully saturated rings. The molecule has 1 aromatic carbocycles. The summed E-state index contributed by atoms with van der Waals surface area (Å²) in [5, 5.41) is 5.39. The molecule has 0 aliphatic carbocycles. The van der Waals surface area contributed by atoms with Gasteiger partial charge in [0.05, 0.1) is 5.69 Å². The van der Waals surface area contributed by atoms with Crippen LogP contribution in [0.15, 0.2) is 45.9 Å². The van der Waals surface area contributed by atoms with Crippen molar-refractivity contribution in [2.24, 2.45) is 5.14 Å². The van der Waals surface area contributed by atoms with Gasteiger partial charge in [-0.3, -0.25) is 4.98 Å². The van der Waals surface area contributed by atoms with E-state index in [2.05, 4.69) is 20.9 Å². The quantitative estimate of drug-likeness (QED) is 0.888. The lowest BCUT2D eigenvalue weighted by Crippen LogP contribution is -2.14. The van der Waals surface area contributed by atoms with Crippen molar-refractivity contribution in [2.45, 2.75) is 11.5 Å². The van der Waals surface area contributed by atoms with E-state index < -0.39 is 10.0 Å². The van der Waals surface area contributed by atoms with Crippen LogP contribution in [0.4, 0.5) is 0 Å². The topological polar surface area (TPSA) is 82.3 Å². The number of sulfonamides is 1. The van der Waals surface area contributed by atoms with Gasteiger partial charge in [0, 0.05) is 15.7 Å². The highest BCUT2D eigenvalue weighted by Gasteiger charge is 2.16. The van der Waals surface area contributed by atoms with Crippen LogP contribution >= 0.6 is 27.5 Å². The Morgan fingerprint density at radius 3 is 2.65 bits per heavy atom. The molecule has 0 aliphatic rings. The van der Waals surface area contributed by atoms with E-state index in [4.69, 9.17) is 21.5 Å². The first-order valence-electron chi connectivity index (χ1n) is 5.42. The van der Waals surface area contributed by atoms with Crippen LogP contribution < -0.4 is 9.88 Å². The van der Waals surface area contributed by atoms with Gasteiger partial charge in [0.2, 0.25) is 10.0 Å². The van der Waals surface area contributed by atoms with Gasteiger partial charge in [-0.25, -0.2) is 13.6 Å². The number of pyridine rings is 1. The van der Waals surface area contributed by atoms with Crippen molar-refractivity contribution in [1.29, 1.82) is 0 Å². The van der Waals surface area contributed by atoms with E-state index in [1.54, 1.807) is 12.3 Å². The lowest BCUT2D eigenvalue weighted by atomic mass is 10.3. The molecule has 8 heteroatoms. The zero-order valence-corrected chi connectivity index (χ0v) is 13.2. The van der Waals surface area contributed by atoms with E-state index >= 15 is 0 Å². The molecule has 106 valence electrons. The van der Waals surface area contributed by atoms with E-state index in [1.165, 1.54) is 18.2 Å². The molecule has 0 atom stereocenters. The predicted molar refractivity (Wildman–Crippen MR) is 79.1 cm³/mol. The van der Waals surface area contributed by atoms with Crippen LogP contribution in [0.25, 0.3) is 0 Å². The third-order valence-corrected chi connectivity index (χ3v) is 4.01. The molecule has 2 aromatic rings. The Balaban J connectivity index is 2.23. The molecule has 0 saturated carbocycles. The first-order chi connectivity index (χ1) is 9.36. The van der Waals surface area contributed by atoms with Crippen LogP contribution in [-0.2, 0) is 16.6 Å². The lowest BCUT2D eigenvalue weighted by molar-refractivity contribution is 0.293. The highest BCUT2D eigenvalue weighted by Crippen LogP contribution is 2.27. The molecule has 0 radical (unpaired) electrons. The highest BCUT2D eigenvalue weighted by atomic mass is 79.9. The first-order valence-corrected chi connectivity index (χ1v) is 8.13. The molecule has 1 heterocycles. The summed E-state index contributed by atoms with van der Waals surface area (Å²) < 4.78 is 29.3. The van der Waals surface area contributed by atoms with Gasteiger partial charge >= 0.3 is 0 Å². The molecule has 2 rings (SSSR count). The summed E-state index contributed by atoms with van der Waals surface area (Å²) >= 11 is 9.04. The fourth-order valence-electron chi connectivity index (χ4n) is 1.47. The first kappa shape index (κ1) is 15.2. The SMILES string of the molecule is NS(=O)(=O)c1cc(Cl)ccc1OCc1ccc(Br)cn1. The van der Waals surface area contributed by atoms with Crippen LogP contribution in [-0.4, -0.2) is 13.4 Å². The van der Waals surface area contributed by atoms with Gasteiger partial charge < -0.3 is 4.74 Å². The van der Waals surface area contributed by atoms with Crippen molar-refractivity contribution in [3.8, 4) is 5.75 Å². The highest BCUT2D eigenvalue weighted by molar-refractivity contribution is 9.10. The zero-order chi connectivity index (χ0) is 14.8. The second-order valence-electron chi connectivity index (χ2n) is 3.89. The van der Waals surface area contributed by atoms with E-state index in [1.807, 2.05) is 6.07 Å². The van der Waals surface area contributed by atoms with Crippen molar-refractivity contribution >= 4 is 37.6 Å². The Bertz CT molecular complexity index is 720. The maximum absolute atomic E-state index is 11.5. The van der Waals surface area contributed by atoms with Gasteiger partial charge in [-0.15, -0.1) is 0 Å². The minimum atomic E-state index is -3.90. The molecule has 2 N–H and O–H groups in total. The summed E-state index contributed by atoms with van der Waals surface area (Å²) in [6, 6.07) is 7.81. The maximum Gasteiger partial charge on any atom is 0.241 e. The van der Waals surface area contributed by atoms with E-state index in [0.717, 1.165) is 4.47 Å². The number of ether oxygens (including phenoxy) is 1. The lowest BCUT2D eigenvalue weighted by Gasteiger charge is -2.10. The van der Waals surface area contributed by atoms with Crippen LogP contribution in [0.2, 0.25) is 5.02 Å². The summed E-state index contributed by atoms with van der Waals surface area (Å²) in [5.74, 6) is 0.140. The monoisotopic (exact) mass is 376 g/mol. The van der Waals surface area contributed by atoms with E-state index in [0.29, 0.717) is 5.69 Å². The average Bonchev–Trinajstić information content (AvgIpc) is 2.38. The van der Waals surface area contributed by atoms with Crippen molar-refractivity contribution in [1.82, 2.24) is 4.98 Å². The fraction of sp³-hybridized carbons (Fsp3) is 0.0833. The van der Waals surface area contributed by atoms with E-state index in [-0.39, 0.29) is 22.3 Å². The van der Waals surface area contributed by atoms with Crippen molar-refractivity contribution in [3.63, 3.8) is 0 Å². The molecule has 0 aliphatic heterocycles. The molecule has 0 saturated heterocycles. The van der Waals surface area contributed by atoms with Gasteiger partial charge in [0.15, 0.2) is 0 Å². The van der Waals surface area contributed by atoms with Crippen molar-refractivity contribution < 1.29 is 13.2 Å². The Morgan fingerprint density at radius 1 is 1.30 bits per heavy atom. The third kappa shape index (κ3) is 3.92. The normalized spacial score (nSPS) is 11.3. The number of primary sulfonamides is 1. The number of nitrogens with zero attached hydrogens (tertiary/aromatic N) is 1. The fourth-order valence-corrected chi connectivity index (χ4v) is 2.64. The summed E-state index contributed by atoms with van der Waals surface area (Å²) in [7, 11) is -3.90. The zero-order valence-electron chi connectivity index (χ0n) is 10.1. The van der Waals surface area contributed by atoms with E-state index in [9.17, 15) is 8.42 Å². The van der Waals surface area contributed by atoms with Crippen LogP contribution in [0.5, 0.6) is 5.75 Å². The molecular formula is C12H10BrClN2O3S. The van der Waals surface area contributed by atoms with Crippen LogP contribution in [0.3, 0.4) is 0 Å². The number of benzene rings is 1. The molecular weight excluding hydrogens is 368 g/mol. The summed E-state index contributed by atoms with van der Waals surface area (Å²) in [5.41, 5.74) is 0.656. The maximum atomic E-state index is 11.5. The third-order valence-electron chi connectivity index (χ3n) is 2.38. The number of hydrogen-bond donors (Lipinski definition) is 1. The molecule has 5 nitrogen and oxygen atoms in total. The van der Waals surface area contributed by atoms with Crippen molar-refractivity contribution in [3.05, 3.63) is 51.7 Å². The molecule has 0 bridgehead atoms. The van der Waals surface area contributed by atoms with Gasteiger partial charge in [0.1, 0.15) is 17.3 Å². The average molecular weight is 378 g/mol. The number of halogens is 2. The second-order valence-corrected chi connectivity index (χ2v) is 6.77. The predicted octanol–water partition coefficient (Wildman–Crippen LogP) is 2.72. The van der Waals surface area contributed by atoms with Crippen molar-refractivity contribution in [2.75, 3.05) is 0 Å². The largest absolute Gasteiger partial charge is 0.486 e. The standard InChI is InChI=1S/C12H10BrClN2O3S/c13-8-1-3-10(16-6-8)7-19-11-4-2-9(14)5-12(11)20(15,17)18/h1-6H,7H2,(H2,15,17,18). The molecule has 0 unspecified atom stereocenters. The minimum absolute atomic E-state index is 0.122. The van der Waals surface area contributed by atoms with Gasteiger partial charge in [-0.2, -0.15) is 0 Å². The summed E-state index contributed by atoms with van der Waals surface area (Å²) in [4.78, 5) is 3.97. The number of rotatable bonds is 4. The second kappa shape index (κ2) is 6.09. The number of aromatic nitrogens is 1. The number of nitrogens with two attached hydrogens (primary N) is 1. The molecule has 0 amide bonds. The molecule has 0 spiro atoms. The van der Waals surface area contributed by atoms with Gasteiger partial charge in [-0.1, -0.05) is 11.6 Å². The Hall–Kier alpha value is -1.15. The Labute approximate surface area is 129 Å². The Morgan fingerprint density at radius 2 is 2.05 bits per heavy atom. The van der Waals surface area contributed by atoms with Crippen LogP contribution in [0.1, 0.15) is 5.69 Å². The molecule has 1 aromatic heterocycles. The minimum Gasteiger partial charge on any atom is -0.486 e. The summed E-state index contributed by atoms with van der Waals surface area (Å²) in [6.45, 7) is 0.122. The molecule has 20 heavy (non-hydrogen) atoms. The number of hydrogen-bond acceptors (Lipinski definition) is 4. The Kier molecular flexibility index (Phi) is 4.64. The van der Waals surface area contributed by atoms with Gasteiger partial charge in [-0.05, 0) is 46.3 Å². The van der Waals surface area contributed by atoms with Crippen LogP contribution in [0, 0.1) is 0 Å². The van der Waals surface area contributed by atoms with Gasteiger partial charge in [0.25, 0.3) is 0 Å². The smallest absolute Gasteiger partial charge is 0.241 e. The summed E-state index contributed by atoms with van der Waals surface area (Å²) in [6.07, 6.45) is 1.63.